The lowest BCUT2D eigenvalue weighted by molar-refractivity contribution is -0.139. The van der Waals surface area contributed by atoms with Crippen LogP contribution in [0.3, 0.4) is 0 Å². The molecule has 2 amide bonds. The molecule has 0 radical (unpaired) electrons. The first-order chi connectivity index (χ1) is 20.1. The maximum atomic E-state index is 14.2. The van der Waals surface area contributed by atoms with Crippen LogP contribution in [-0.4, -0.2) is 50.4 Å². The molecule has 8 nitrogen and oxygen atoms in total. The summed E-state index contributed by atoms with van der Waals surface area (Å²) in [6, 6.07) is 19.1. The highest BCUT2D eigenvalue weighted by Crippen LogP contribution is 2.33. The molecule has 0 saturated heterocycles. The Balaban J connectivity index is 1.72. The molecule has 42 heavy (non-hydrogen) atoms. The van der Waals surface area contributed by atoms with Crippen LogP contribution in [0.2, 0.25) is 5.02 Å². The van der Waals surface area contributed by atoms with Gasteiger partial charge in [-0.25, -0.2) is 8.42 Å². The van der Waals surface area contributed by atoms with Crippen LogP contribution in [0.1, 0.15) is 45.1 Å². The second kappa shape index (κ2) is 14.4. The fraction of sp³-hybridized carbons (Fsp3) is 0.355. The Hall–Kier alpha value is -3.08. The Morgan fingerprint density at radius 1 is 1.05 bits per heavy atom. The van der Waals surface area contributed by atoms with E-state index in [2.05, 4.69) is 21.2 Å². The predicted molar refractivity (Wildman–Crippen MR) is 168 cm³/mol. The summed E-state index contributed by atoms with van der Waals surface area (Å²) < 4.78 is 35.8. The minimum atomic E-state index is -4.25. The van der Waals surface area contributed by atoms with Crippen LogP contribution in [0.25, 0.3) is 0 Å². The first-order valence-corrected chi connectivity index (χ1v) is 16.6. The van der Waals surface area contributed by atoms with Gasteiger partial charge in [0.25, 0.3) is 10.0 Å². The molecule has 0 spiro atoms. The average molecular weight is 677 g/mol. The molecular formula is C31H35BrClN3O5S. The van der Waals surface area contributed by atoms with Gasteiger partial charge in [0.05, 0.1) is 17.2 Å². The van der Waals surface area contributed by atoms with Crippen LogP contribution < -0.4 is 14.4 Å². The van der Waals surface area contributed by atoms with E-state index < -0.39 is 28.5 Å². The third kappa shape index (κ3) is 7.85. The summed E-state index contributed by atoms with van der Waals surface area (Å²) in [6.45, 7) is 3.33. The number of para-hydroxylation sites is 2. The lowest BCUT2D eigenvalue weighted by atomic mass is 10.1. The molecule has 3 aromatic rings. The van der Waals surface area contributed by atoms with Gasteiger partial charge in [-0.3, -0.25) is 13.9 Å². The van der Waals surface area contributed by atoms with Gasteiger partial charge >= 0.3 is 0 Å². The highest BCUT2D eigenvalue weighted by molar-refractivity contribution is 9.10. The van der Waals surface area contributed by atoms with E-state index >= 15 is 0 Å². The number of nitrogens with zero attached hydrogens (tertiary/aromatic N) is 2. The lowest BCUT2D eigenvalue weighted by Gasteiger charge is -2.33. The quantitative estimate of drug-likeness (QED) is 0.248. The van der Waals surface area contributed by atoms with E-state index in [0.717, 1.165) is 40.0 Å². The maximum Gasteiger partial charge on any atom is 0.264 e. The summed E-state index contributed by atoms with van der Waals surface area (Å²) >= 11 is 9.50. The van der Waals surface area contributed by atoms with E-state index in [9.17, 15) is 18.0 Å². The van der Waals surface area contributed by atoms with Crippen molar-refractivity contribution < 1.29 is 22.7 Å². The van der Waals surface area contributed by atoms with Gasteiger partial charge in [-0.1, -0.05) is 64.6 Å². The van der Waals surface area contributed by atoms with Gasteiger partial charge in [-0.15, -0.1) is 0 Å². The topological polar surface area (TPSA) is 96.0 Å². The molecule has 1 fully saturated rings. The second-order valence-corrected chi connectivity index (χ2v) is 13.4. The van der Waals surface area contributed by atoms with Gasteiger partial charge in [-0.05, 0) is 80.8 Å². The highest BCUT2D eigenvalue weighted by Gasteiger charge is 2.34. The summed E-state index contributed by atoms with van der Waals surface area (Å²) in [4.78, 5) is 28.9. The number of carbonyl (C=O) groups is 2. The van der Waals surface area contributed by atoms with Crippen molar-refractivity contribution in [1.82, 2.24) is 10.2 Å². The summed E-state index contributed by atoms with van der Waals surface area (Å²) in [7, 11) is -4.25. The van der Waals surface area contributed by atoms with Gasteiger partial charge in [0, 0.05) is 22.1 Å². The fourth-order valence-corrected chi connectivity index (χ4v) is 6.99. The van der Waals surface area contributed by atoms with Crippen molar-refractivity contribution in [3.63, 3.8) is 0 Å². The van der Waals surface area contributed by atoms with Crippen molar-refractivity contribution in [2.24, 2.45) is 0 Å². The zero-order valence-corrected chi connectivity index (χ0v) is 26.8. The minimum absolute atomic E-state index is 0.0310. The third-order valence-corrected chi connectivity index (χ3v) is 9.74. The number of hydrogen-bond donors (Lipinski definition) is 1. The number of nitrogens with one attached hydrogen (secondary N) is 1. The summed E-state index contributed by atoms with van der Waals surface area (Å²) in [5.41, 5.74) is 1.01. The Kier molecular flexibility index (Phi) is 10.9. The molecule has 0 heterocycles. The Labute approximate surface area is 261 Å². The van der Waals surface area contributed by atoms with Gasteiger partial charge in [0.1, 0.15) is 18.3 Å². The molecule has 1 atom stereocenters. The number of amides is 2. The molecule has 224 valence electrons. The highest BCUT2D eigenvalue weighted by atomic mass is 79.9. The molecule has 4 rings (SSSR count). The number of carbonyl (C=O) groups excluding carboxylic acids is 2. The molecule has 1 aliphatic rings. The summed E-state index contributed by atoms with van der Waals surface area (Å²) in [5, 5.41) is 3.46. The summed E-state index contributed by atoms with van der Waals surface area (Å²) in [6.07, 6.45) is 3.91. The molecule has 0 aliphatic heterocycles. The normalized spacial score (nSPS) is 14.3. The van der Waals surface area contributed by atoms with Crippen molar-refractivity contribution >= 4 is 55.1 Å². The smallest absolute Gasteiger partial charge is 0.264 e. The number of sulfonamides is 1. The van der Waals surface area contributed by atoms with Crippen molar-refractivity contribution in [1.29, 1.82) is 0 Å². The molecule has 1 N–H and O–H groups in total. The fourth-order valence-electron chi connectivity index (χ4n) is 4.99. The number of anilines is 1. The number of rotatable bonds is 12. The van der Waals surface area contributed by atoms with Gasteiger partial charge in [-0.2, -0.15) is 0 Å². The first kappa shape index (κ1) is 31.8. The SMILES string of the molecule is CCOc1ccccc1N(CC(=O)N(Cc1cccc(Br)c1)C(C)C(=O)NC1CCCC1)S(=O)(=O)c1ccc(Cl)cc1. The molecule has 1 aliphatic carbocycles. The first-order valence-electron chi connectivity index (χ1n) is 13.9. The van der Waals surface area contributed by atoms with E-state index in [4.69, 9.17) is 16.3 Å². The Bertz CT molecular complexity index is 1500. The van der Waals surface area contributed by atoms with E-state index in [0.29, 0.717) is 17.4 Å². The van der Waals surface area contributed by atoms with Crippen LogP contribution in [0, 0.1) is 0 Å². The van der Waals surface area contributed by atoms with E-state index in [1.165, 1.54) is 29.2 Å². The second-order valence-electron chi connectivity index (χ2n) is 10.2. The van der Waals surface area contributed by atoms with Crippen molar-refractivity contribution in [3.05, 3.63) is 87.9 Å². The van der Waals surface area contributed by atoms with Crippen LogP contribution in [0.15, 0.2) is 82.2 Å². The molecule has 0 aromatic heterocycles. The molecule has 0 bridgehead atoms. The van der Waals surface area contributed by atoms with E-state index in [1.54, 1.807) is 38.1 Å². The maximum absolute atomic E-state index is 14.2. The van der Waals surface area contributed by atoms with Crippen molar-refractivity contribution in [2.75, 3.05) is 17.5 Å². The minimum Gasteiger partial charge on any atom is -0.492 e. The van der Waals surface area contributed by atoms with Gasteiger partial charge < -0.3 is 15.0 Å². The number of benzene rings is 3. The predicted octanol–water partition coefficient (Wildman–Crippen LogP) is 6.17. The molecule has 3 aromatic carbocycles. The van der Waals surface area contributed by atoms with Crippen LogP contribution in [0.4, 0.5) is 5.69 Å². The summed E-state index contributed by atoms with van der Waals surface area (Å²) in [5.74, 6) is -0.490. The molecule has 1 saturated carbocycles. The lowest BCUT2D eigenvalue weighted by Crippen LogP contribution is -2.52. The van der Waals surface area contributed by atoms with E-state index in [-0.39, 0.29) is 29.1 Å². The number of ether oxygens (including phenoxy) is 1. The largest absolute Gasteiger partial charge is 0.492 e. The molecule has 11 heteroatoms. The standard InChI is InChI=1S/C31H35BrClN3O5S/c1-3-41-29-14-7-6-13-28(29)36(42(39,40)27-17-15-25(33)16-18-27)21-30(37)35(20-23-9-8-10-24(32)19-23)22(2)31(38)34-26-11-4-5-12-26/h6-10,13-19,22,26H,3-5,11-12,20-21H2,1-2H3,(H,34,38). The van der Waals surface area contributed by atoms with Crippen molar-refractivity contribution in [3.8, 4) is 5.75 Å². The van der Waals surface area contributed by atoms with E-state index in [1.807, 2.05) is 24.3 Å². The van der Waals surface area contributed by atoms with Crippen LogP contribution in [-0.2, 0) is 26.2 Å². The monoisotopic (exact) mass is 675 g/mol. The number of hydrogen-bond acceptors (Lipinski definition) is 5. The zero-order chi connectivity index (χ0) is 30.3. The Morgan fingerprint density at radius 3 is 2.40 bits per heavy atom. The molecule has 1 unspecified atom stereocenters. The van der Waals surface area contributed by atoms with Gasteiger partial charge in [0.15, 0.2) is 0 Å². The Morgan fingerprint density at radius 2 is 1.74 bits per heavy atom. The average Bonchev–Trinajstić information content (AvgIpc) is 3.48. The van der Waals surface area contributed by atoms with Gasteiger partial charge in [0.2, 0.25) is 11.8 Å². The number of halogens is 2. The van der Waals surface area contributed by atoms with Crippen LogP contribution in [0.5, 0.6) is 5.75 Å². The van der Waals surface area contributed by atoms with Crippen molar-refractivity contribution in [2.45, 2.75) is 63.1 Å². The molecular weight excluding hydrogens is 642 g/mol. The third-order valence-electron chi connectivity index (χ3n) is 7.23. The zero-order valence-electron chi connectivity index (χ0n) is 23.6. The van der Waals surface area contributed by atoms with Crippen LogP contribution >= 0.6 is 27.5 Å².